The smallest absolute Gasteiger partial charge is 0.386 e. The molecule has 0 saturated heterocycles. The predicted molar refractivity (Wildman–Crippen MR) is 98.1 cm³/mol. The molecule has 0 radical (unpaired) electrons. The van der Waals surface area contributed by atoms with Crippen LogP contribution in [0.1, 0.15) is 46.5 Å². The topological polar surface area (TPSA) is 77.8 Å². The lowest BCUT2D eigenvalue weighted by Gasteiger charge is -2.29. The van der Waals surface area contributed by atoms with Gasteiger partial charge in [0.2, 0.25) is 0 Å². The van der Waals surface area contributed by atoms with E-state index in [0.29, 0.717) is 25.6 Å². The molecule has 7 heteroatoms. The Bertz CT molecular complexity index is 272. The second-order valence-corrected chi connectivity index (χ2v) is 8.27. The zero-order valence-electron chi connectivity index (χ0n) is 15.3. The molecule has 23 heavy (non-hydrogen) atoms. The van der Waals surface area contributed by atoms with Gasteiger partial charge in [0.1, 0.15) is 0 Å². The number of rotatable bonds is 17. The van der Waals surface area contributed by atoms with Crippen LogP contribution in [0.25, 0.3) is 0 Å². The summed E-state index contributed by atoms with van der Waals surface area (Å²) in [5.74, 6) is 0.507. The van der Waals surface area contributed by atoms with Crippen molar-refractivity contribution in [1.29, 1.82) is 0 Å². The Morgan fingerprint density at radius 1 is 0.913 bits per heavy atom. The molecule has 6 nitrogen and oxygen atoms in total. The van der Waals surface area contributed by atoms with E-state index in [0.717, 1.165) is 51.4 Å². The van der Waals surface area contributed by atoms with Crippen LogP contribution in [0, 0.1) is 0 Å². The zero-order valence-corrected chi connectivity index (χ0v) is 16.3. The van der Waals surface area contributed by atoms with Crippen LogP contribution in [-0.4, -0.2) is 48.3 Å². The third-order valence-electron chi connectivity index (χ3n) is 3.07. The molecule has 0 aliphatic rings. The van der Waals surface area contributed by atoms with Crippen molar-refractivity contribution in [3.63, 3.8) is 0 Å². The first kappa shape index (κ1) is 22.4. The molecule has 4 N–H and O–H groups in total. The minimum Gasteiger partial charge on any atom is -0.386 e. The standard InChI is InChI=1S/C16H37N3O3Si/c1-5-12-20-23(21-13-6-2,22-14-7-3)15-8-9-18-10-11-19-16(4)17/h18-19H,4-15,17H2,1-3H3. The van der Waals surface area contributed by atoms with Crippen LogP contribution in [0.4, 0.5) is 0 Å². The van der Waals surface area contributed by atoms with Crippen LogP contribution in [-0.2, 0) is 13.3 Å². The Hall–Kier alpha value is -0.603. The van der Waals surface area contributed by atoms with Gasteiger partial charge in [-0.1, -0.05) is 27.4 Å². The van der Waals surface area contributed by atoms with E-state index in [1.807, 2.05) is 0 Å². The van der Waals surface area contributed by atoms with Gasteiger partial charge in [0.15, 0.2) is 0 Å². The lowest BCUT2D eigenvalue weighted by atomic mass is 10.4. The van der Waals surface area contributed by atoms with Crippen LogP contribution in [0.5, 0.6) is 0 Å². The van der Waals surface area contributed by atoms with Gasteiger partial charge >= 0.3 is 8.80 Å². The van der Waals surface area contributed by atoms with E-state index in [1.165, 1.54) is 0 Å². The summed E-state index contributed by atoms with van der Waals surface area (Å²) < 4.78 is 18.2. The van der Waals surface area contributed by atoms with Gasteiger partial charge in [-0.3, -0.25) is 0 Å². The third kappa shape index (κ3) is 12.5. The summed E-state index contributed by atoms with van der Waals surface area (Å²) in [6.45, 7) is 14.6. The van der Waals surface area contributed by atoms with Crippen molar-refractivity contribution in [1.82, 2.24) is 10.6 Å². The van der Waals surface area contributed by atoms with Crippen molar-refractivity contribution in [3.8, 4) is 0 Å². The molecule has 0 unspecified atom stereocenters. The van der Waals surface area contributed by atoms with Crippen molar-refractivity contribution in [3.05, 3.63) is 12.4 Å². The molecule has 0 fully saturated rings. The predicted octanol–water partition coefficient (Wildman–Crippen LogP) is 2.20. The van der Waals surface area contributed by atoms with Crippen molar-refractivity contribution in [2.45, 2.75) is 52.5 Å². The number of nitrogens with two attached hydrogens (primary N) is 1. The summed E-state index contributed by atoms with van der Waals surface area (Å²) in [5, 5.41) is 6.37. The third-order valence-corrected chi connectivity index (χ3v) is 5.97. The highest BCUT2D eigenvalue weighted by Crippen LogP contribution is 2.19. The van der Waals surface area contributed by atoms with E-state index in [1.54, 1.807) is 0 Å². The highest BCUT2D eigenvalue weighted by atomic mass is 28.4. The maximum atomic E-state index is 6.07. The number of hydrogen-bond donors (Lipinski definition) is 3. The van der Waals surface area contributed by atoms with Crippen LogP contribution in [0.15, 0.2) is 12.4 Å². The Balaban J connectivity index is 4.21. The summed E-state index contributed by atoms with van der Waals surface area (Å²) in [6.07, 6.45) is 3.92. The second-order valence-electron chi connectivity index (χ2n) is 5.53. The van der Waals surface area contributed by atoms with Crippen molar-refractivity contribution in [2.24, 2.45) is 5.73 Å². The molecule has 0 aliphatic carbocycles. The highest BCUT2D eigenvalue weighted by Gasteiger charge is 2.40. The van der Waals surface area contributed by atoms with Gasteiger partial charge in [0.25, 0.3) is 0 Å². The van der Waals surface area contributed by atoms with Gasteiger partial charge in [-0.15, -0.1) is 0 Å². The summed E-state index contributed by atoms with van der Waals surface area (Å²) in [5.41, 5.74) is 5.45. The summed E-state index contributed by atoms with van der Waals surface area (Å²) >= 11 is 0. The van der Waals surface area contributed by atoms with Gasteiger partial charge in [0.05, 0.1) is 5.82 Å². The molecular formula is C16H37N3O3Si. The molecule has 0 aromatic rings. The number of hydrogen-bond acceptors (Lipinski definition) is 6. The molecular weight excluding hydrogens is 310 g/mol. The molecule has 0 heterocycles. The Morgan fingerprint density at radius 3 is 1.87 bits per heavy atom. The molecule has 138 valence electrons. The maximum Gasteiger partial charge on any atom is 0.501 e. The van der Waals surface area contributed by atoms with Crippen molar-refractivity contribution in [2.75, 3.05) is 39.5 Å². The van der Waals surface area contributed by atoms with Crippen LogP contribution < -0.4 is 16.4 Å². The van der Waals surface area contributed by atoms with Gasteiger partial charge in [0, 0.05) is 39.0 Å². The normalized spacial score (nSPS) is 11.6. The molecule has 0 aliphatic heterocycles. The van der Waals surface area contributed by atoms with Gasteiger partial charge in [-0.05, 0) is 32.2 Å². The van der Waals surface area contributed by atoms with Gasteiger partial charge in [-0.25, -0.2) is 0 Å². The van der Waals surface area contributed by atoms with Crippen molar-refractivity contribution < 1.29 is 13.3 Å². The average Bonchev–Trinajstić information content (AvgIpc) is 2.54. The van der Waals surface area contributed by atoms with Gasteiger partial charge < -0.3 is 29.6 Å². The summed E-state index contributed by atoms with van der Waals surface area (Å²) in [6, 6.07) is 0.858. The van der Waals surface area contributed by atoms with Crippen LogP contribution in [0.3, 0.4) is 0 Å². The molecule has 0 atom stereocenters. The molecule has 0 aromatic carbocycles. The largest absolute Gasteiger partial charge is 0.501 e. The van der Waals surface area contributed by atoms with E-state index >= 15 is 0 Å². The fourth-order valence-corrected chi connectivity index (χ4v) is 4.82. The zero-order chi connectivity index (χ0) is 17.4. The van der Waals surface area contributed by atoms with Crippen LogP contribution >= 0.6 is 0 Å². The SMILES string of the molecule is C=C(N)NCCNCCC[Si](OCCC)(OCCC)OCCC. The summed E-state index contributed by atoms with van der Waals surface area (Å²) in [7, 11) is -2.53. The molecule has 0 amide bonds. The number of nitrogens with one attached hydrogen (secondary N) is 2. The Kier molecular flexibility index (Phi) is 14.6. The fourth-order valence-electron chi connectivity index (χ4n) is 1.98. The second kappa shape index (κ2) is 15.0. The Labute approximate surface area is 143 Å². The monoisotopic (exact) mass is 347 g/mol. The molecule has 0 aromatic heterocycles. The molecule has 0 rings (SSSR count). The molecule has 0 bridgehead atoms. The van der Waals surface area contributed by atoms with E-state index < -0.39 is 8.80 Å². The van der Waals surface area contributed by atoms with E-state index in [9.17, 15) is 0 Å². The van der Waals surface area contributed by atoms with Crippen LogP contribution in [0.2, 0.25) is 6.04 Å². The van der Waals surface area contributed by atoms with E-state index in [2.05, 4.69) is 38.0 Å². The average molecular weight is 348 g/mol. The highest BCUT2D eigenvalue weighted by molar-refractivity contribution is 6.60. The maximum absolute atomic E-state index is 6.07. The fraction of sp³-hybridized carbons (Fsp3) is 0.875. The molecule has 0 spiro atoms. The van der Waals surface area contributed by atoms with Gasteiger partial charge in [-0.2, -0.15) is 0 Å². The minimum absolute atomic E-state index is 0.507. The quantitative estimate of drug-likeness (QED) is 0.277. The Morgan fingerprint density at radius 2 is 1.43 bits per heavy atom. The first-order valence-electron chi connectivity index (χ1n) is 8.91. The van der Waals surface area contributed by atoms with E-state index in [-0.39, 0.29) is 0 Å². The summed E-state index contributed by atoms with van der Waals surface area (Å²) in [4.78, 5) is 0. The lowest BCUT2D eigenvalue weighted by molar-refractivity contribution is 0.0588. The van der Waals surface area contributed by atoms with Crippen molar-refractivity contribution >= 4 is 8.80 Å². The first-order chi connectivity index (χ1) is 11.1. The first-order valence-corrected chi connectivity index (χ1v) is 10.8. The molecule has 0 saturated carbocycles. The van der Waals surface area contributed by atoms with E-state index in [4.69, 9.17) is 19.0 Å². The minimum atomic E-state index is -2.53. The lowest BCUT2D eigenvalue weighted by Crippen LogP contribution is -2.47.